The van der Waals surface area contributed by atoms with E-state index < -0.39 is 0 Å². The lowest BCUT2D eigenvalue weighted by Crippen LogP contribution is -2.06. The van der Waals surface area contributed by atoms with Crippen LogP contribution in [0, 0.1) is 13.8 Å². The van der Waals surface area contributed by atoms with Crippen LogP contribution in [0.15, 0.2) is 10.5 Å². The van der Waals surface area contributed by atoms with E-state index >= 15 is 0 Å². The van der Waals surface area contributed by atoms with Gasteiger partial charge in [0.1, 0.15) is 23.2 Å². The van der Waals surface area contributed by atoms with E-state index in [1.54, 1.807) is 0 Å². The van der Waals surface area contributed by atoms with Crippen molar-refractivity contribution in [3.8, 4) is 0 Å². The van der Waals surface area contributed by atoms with Gasteiger partial charge in [-0.25, -0.2) is 15.0 Å². The summed E-state index contributed by atoms with van der Waals surface area (Å²) in [5, 5.41) is 6.23. The third-order valence-corrected chi connectivity index (χ3v) is 2.84. The zero-order chi connectivity index (χ0) is 13.8. The monoisotopic (exact) mass is 261 g/mol. The van der Waals surface area contributed by atoms with E-state index in [9.17, 15) is 0 Å². The highest BCUT2D eigenvalue weighted by molar-refractivity contribution is 5.47. The zero-order valence-corrected chi connectivity index (χ0v) is 11.7. The summed E-state index contributed by atoms with van der Waals surface area (Å²) >= 11 is 0. The summed E-state index contributed by atoms with van der Waals surface area (Å²) in [6.07, 6.45) is 0.793. The Morgan fingerprint density at radius 1 is 1.16 bits per heavy atom. The summed E-state index contributed by atoms with van der Waals surface area (Å²) in [5.41, 5.74) is 0.921. The minimum absolute atomic E-state index is 0.512. The van der Waals surface area contributed by atoms with Gasteiger partial charge in [0.2, 0.25) is 5.89 Å². The average Bonchev–Trinajstić information content (AvgIpc) is 2.75. The summed E-state index contributed by atoms with van der Waals surface area (Å²) in [7, 11) is 1.84. The maximum atomic E-state index is 5.52. The number of hydrogen-bond donors (Lipinski definition) is 2. The second kappa shape index (κ2) is 5.69. The van der Waals surface area contributed by atoms with Crippen molar-refractivity contribution in [2.24, 2.45) is 0 Å². The molecule has 0 aromatic carbocycles. The molecule has 2 rings (SSSR count). The van der Waals surface area contributed by atoms with Gasteiger partial charge in [0.25, 0.3) is 0 Å². The van der Waals surface area contributed by atoms with Gasteiger partial charge in [0.05, 0.1) is 12.2 Å². The Labute approximate surface area is 112 Å². The van der Waals surface area contributed by atoms with E-state index in [0.29, 0.717) is 12.4 Å². The lowest BCUT2D eigenvalue weighted by Gasteiger charge is -2.07. The van der Waals surface area contributed by atoms with Gasteiger partial charge in [-0.1, -0.05) is 6.92 Å². The summed E-state index contributed by atoms with van der Waals surface area (Å²) < 4.78 is 5.52. The van der Waals surface area contributed by atoms with Gasteiger partial charge in [-0.3, -0.25) is 0 Å². The molecule has 0 atom stereocenters. The Hall–Kier alpha value is -2.11. The number of rotatable bonds is 5. The number of nitrogens with zero attached hydrogens (tertiary/aromatic N) is 3. The van der Waals surface area contributed by atoms with Gasteiger partial charge >= 0.3 is 0 Å². The van der Waals surface area contributed by atoms with Gasteiger partial charge < -0.3 is 15.1 Å². The van der Waals surface area contributed by atoms with Crippen LogP contribution in [0.3, 0.4) is 0 Å². The Bertz CT molecular complexity index is 522. The first-order valence-corrected chi connectivity index (χ1v) is 6.35. The van der Waals surface area contributed by atoms with Gasteiger partial charge in [-0.2, -0.15) is 0 Å². The summed E-state index contributed by atoms with van der Waals surface area (Å²) in [6.45, 7) is 6.38. The molecule has 0 saturated heterocycles. The predicted molar refractivity (Wildman–Crippen MR) is 74.3 cm³/mol. The summed E-state index contributed by atoms with van der Waals surface area (Å²) in [6, 6.07) is 1.86. The van der Waals surface area contributed by atoms with Crippen LogP contribution in [-0.4, -0.2) is 22.0 Å². The Balaban J connectivity index is 2.10. The molecule has 0 aliphatic rings. The third kappa shape index (κ3) is 3.21. The topological polar surface area (TPSA) is 75.9 Å². The lowest BCUT2D eigenvalue weighted by molar-refractivity contribution is 0.478. The number of oxazole rings is 1. The van der Waals surface area contributed by atoms with Crippen molar-refractivity contribution >= 4 is 11.6 Å². The van der Waals surface area contributed by atoms with E-state index in [1.807, 2.05) is 33.9 Å². The number of anilines is 2. The van der Waals surface area contributed by atoms with Gasteiger partial charge in [0.15, 0.2) is 0 Å². The molecule has 0 aliphatic carbocycles. The molecule has 0 radical (unpaired) electrons. The molecule has 0 unspecified atom stereocenters. The van der Waals surface area contributed by atoms with Crippen LogP contribution in [0.5, 0.6) is 0 Å². The first-order chi connectivity index (χ1) is 9.12. The molecule has 0 saturated carbocycles. The molecular formula is C13H19N5O. The van der Waals surface area contributed by atoms with Crippen LogP contribution >= 0.6 is 0 Å². The van der Waals surface area contributed by atoms with Crippen LogP contribution in [0.4, 0.5) is 11.6 Å². The number of aromatic nitrogens is 3. The Morgan fingerprint density at radius 2 is 1.89 bits per heavy atom. The average molecular weight is 261 g/mol. The van der Waals surface area contributed by atoms with E-state index in [4.69, 9.17) is 4.42 Å². The number of aryl methyl sites for hydroxylation is 3. The molecular weight excluding hydrogens is 242 g/mol. The molecule has 6 heteroatoms. The predicted octanol–water partition coefficient (Wildman–Crippen LogP) is 2.30. The maximum Gasteiger partial charge on any atom is 0.213 e. The fourth-order valence-electron chi connectivity index (χ4n) is 1.65. The second-order valence-corrected chi connectivity index (χ2v) is 4.26. The van der Waals surface area contributed by atoms with Gasteiger partial charge in [-0.15, -0.1) is 0 Å². The highest BCUT2D eigenvalue weighted by atomic mass is 16.4. The largest absolute Gasteiger partial charge is 0.444 e. The van der Waals surface area contributed by atoms with Crippen molar-refractivity contribution in [2.75, 3.05) is 17.7 Å². The third-order valence-electron chi connectivity index (χ3n) is 2.84. The molecule has 6 nitrogen and oxygen atoms in total. The standard InChI is InChI=1S/C13H19N5O/c1-5-10-17-11(14-4)6-12(18-10)15-7-13-16-8(2)9(3)19-13/h6H,5,7H2,1-4H3,(H2,14,15,17,18). The molecule has 19 heavy (non-hydrogen) atoms. The molecule has 2 N–H and O–H groups in total. The molecule has 0 aliphatic heterocycles. The molecule has 0 spiro atoms. The molecule has 2 aromatic heterocycles. The van der Waals surface area contributed by atoms with E-state index in [0.717, 1.165) is 35.3 Å². The van der Waals surface area contributed by atoms with Crippen LogP contribution in [0.2, 0.25) is 0 Å². The van der Waals surface area contributed by atoms with Crippen molar-refractivity contribution in [3.05, 3.63) is 29.2 Å². The first-order valence-electron chi connectivity index (χ1n) is 6.35. The molecule has 102 valence electrons. The molecule has 0 fully saturated rings. The lowest BCUT2D eigenvalue weighted by atomic mass is 10.4. The Morgan fingerprint density at radius 3 is 2.47 bits per heavy atom. The smallest absolute Gasteiger partial charge is 0.213 e. The van der Waals surface area contributed by atoms with Crippen LogP contribution < -0.4 is 10.6 Å². The van der Waals surface area contributed by atoms with Crippen molar-refractivity contribution in [2.45, 2.75) is 33.7 Å². The summed E-state index contributed by atoms with van der Waals surface area (Å²) in [4.78, 5) is 13.1. The molecule has 2 aromatic rings. The minimum Gasteiger partial charge on any atom is -0.444 e. The van der Waals surface area contributed by atoms with Crippen LogP contribution in [-0.2, 0) is 13.0 Å². The second-order valence-electron chi connectivity index (χ2n) is 4.26. The van der Waals surface area contributed by atoms with Crippen molar-refractivity contribution < 1.29 is 4.42 Å². The van der Waals surface area contributed by atoms with E-state index in [2.05, 4.69) is 25.6 Å². The number of hydrogen-bond acceptors (Lipinski definition) is 6. The number of nitrogens with one attached hydrogen (secondary N) is 2. The van der Waals surface area contributed by atoms with Crippen LogP contribution in [0.25, 0.3) is 0 Å². The van der Waals surface area contributed by atoms with Crippen molar-refractivity contribution in [1.29, 1.82) is 0 Å². The molecule has 2 heterocycles. The maximum absolute atomic E-state index is 5.52. The van der Waals surface area contributed by atoms with Gasteiger partial charge in [0, 0.05) is 19.5 Å². The fraction of sp³-hybridized carbons (Fsp3) is 0.462. The summed E-state index contributed by atoms with van der Waals surface area (Å²) in [5.74, 6) is 3.88. The zero-order valence-electron chi connectivity index (χ0n) is 11.7. The highest BCUT2D eigenvalue weighted by Crippen LogP contribution is 2.14. The SMILES string of the molecule is CCc1nc(NC)cc(NCc2nc(C)c(C)o2)n1. The van der Waals surface area contributed by atoms with Crippen LogP contribution in [0.1, 0.15) is 30.1 Å². The van der Waals surface area contributed by atoms with E-state index in [1.165, 1.54) is 0 Å². The van der Waals surface area contributed by atoms with E-state index in [-0.39, 0.29) is 0 Å². The first kappa shape index (κ1) is 13.3. The van der Waals surface area contributed by atoms with Crippen molar-refractivity contribution in [1.82, 2.24) is 15.0 Å². The quantitative estimate of drug-likeness (QED) is 0.860. The highest BCUT2D eigenvalue weighted by Gasteiger charge is 2.07. The van der Waals surface area contributed by atoms with Gasteiger partial charge in [-0.05, 0) is 13.8 Å². The molecule has 0 bridgehead atoms. The molecule has 0 amide bonds. The fourth-order valence-corrected chi connectivity index (χ4v) is 1.65. The minimum atomic E-state index is 0.512. The Kier molecular flexibility index (Phi) is 3.99. The van der Waals surface area contributed by atoms with Crippen molar-refractivity contribution in [3.63, 3.8) is 0 Å². The normalized spacial score (nSPS) is 10.5.